The third-order valence-electron chi connectivity index (χ3n) is 5.41. The molecule has 5 heteroatoms. The fourth-order valence-corrected chi connectivity index (χ4v) is 4.25. The van der Waals surface area contributed by atoms with Crippen molar-refractivity contribution in [3.05, 3.63) is 30.3 Å². The average Bonchev–Trinajstić information content (AvgIpc) is 3.29. The summed E-state index contributed by atoms with van der Waals surface area (Å²) in [6.07, 6.45) is 4.50. The van der Waals surface area contributed by atoms with Crippen molar-refractivity contribution in [2.75, 3.05) is 26.2 Å². The molecule has 2 aliphatic heterocycles. The lowest BCUT2D eigenvalue weighted by molar-refractivity contribution is -0.132. The molecule has 1 aromatic rings. The van der Waals surface area contributed by atoms with Gasteiger partial charge in [0, 0.05) is 31.6 Å². The number of carbonyl (C=O) groups excluding carboxylic acids is 1. The Morgan fingerprint density at radius 2 is 1.92 bits per heavy atom. The van der Waals surface area contributed by atoms with Crippen LogP contribution in [0.2, 0.25) is 0 Å². The zero-order valence-corrected chi connectivity index (χ0v) is 15.1. The Kier molecular flexibility index (Phi) is 6.32. The number of aliphatic hydroxyl groups is 1. The molecule has 3 rings (SSSR count). The van der Waals surface area contributed by atoms with Crippen LogP contribution in [0.25, 0.3) is 0 Å². The minimum atomic E-state index is -0.516. The van der Waals surface area contributed by atoms with E-state index in [2.05, 4.69) is 9.80 Å². The van der Waals surface area contributed by atoms with E-state index in [9.17, 15) is 9.90 Å². The van der Waals surface area contributed by atoms with Crippen LogP contribution in [0.3, 0.4) is 0 Å². The Morgan fingerprint density at radius 1 is 1.20 bits per heavy atom. The standard InChI is InChI=1S/C20H30N2O3/c1-2-20(24)22-13-7-11-19(22)18-10-6-12-21(18)14-16(23)15-25-17-8-4-3-5-9-17/h3-5,8-9,16,18-19,23H,2,6-7,10-15H2,1H3/t16-,18+,19+/m0/s1. The van der Waals surface area contributed by atoms with E-state index in [1.165, 1.54) is 0 Å². The smallest absolute Gasteiger partial charge is 0.222 e. The first kappa shape index (κ1) is 18.2. The Labute approximate surface area is 150 Å². The van der Waals surface area contributed by atoms with Crippen LogP contribution < -0.4 is 4.74 Å². The van der Waals surface area contributed by atoms with Crippen molar-refractivity contribution in [2.24, 2.45) is 0 Å². The van der Waals surface area contributed by atoms with Crippen molar-refractivity contribution >= 4 is 5.91 Å². The number of likely N-dealkylation sites (tertiary alicyclic amines) is 2. The summed E-state index contributed by atoms with van der Waals surface area (Å²) < 4.78 is 5.67. The summed E-state index contributed by atoms with van der Waals surface area (Å²) in [6, 6.07) is 10.3. The number of benzene rings is 1. The van der Waals surface area contributed by atoms with Gasteiger partial charge in [-0.3, -0.25) is 9.69 Å². The number of hydrogen-bond donors (Lipinski definition) is 1. The molecule has 1 amide bonds. The first-order valence-corrected chi connectivity index (χ1v) is 9.58. The number of rotatable bonds is 7. The molecule has 2 fully saturated rings. The largest absolute Gasteiger partial charge is 0.491 e. The van der Waals surface area contributed by atoms with Crippen molar-refractivity contribution in [2.45, 2.75) is 57.2 Å². The van der Waals surface area contributed by atoms with Crippen LogP contribution in [0.1, 0.15) is 39.0 Å². The van der Waals surface area contributed by atoms with Crippen LogP contribution in [-0.2, 0) is 4.79 Å². The maximum atomic E-state index is 12.2. The maximum absolute atomic E-state index is 12.2. The Bertz CT molecular complexity index is 551. The van der Waals surface area contributed by atoms with Crippen LogP contribution in [0.4, 0.5) is 0 Å². The Balaban J connectivity index is 1.53. The summed E-state index contributed by atoms with van der Waals surface area (Å²) >= 11 is 0. The van der Waals surface area contributed by atoms with Gasteiger partial charge in [0.15, 0.2) is 0 Å². The molecule has 0 radical (unpaired) electrons. The number of β-amino-alcohol motifs (C(OH)–C–C–N with tert-alkyl or cyclic N) is 1. The van der Waals surface area contributed by atoms with Gasteiger partial charge in [0.1, 0.15) is 18.5 Å². The lowest BCUT2D eigenvalue weighted by Gasteiger charge is -2.35. The van der Waals surface area contributed by atoms with Gasteiger partial charge in [-0.2, -0.15) is 0 Å². The van der Waals surface area contributed by atoms with Gasteiger partial charge in [0.05, 0.1) is 0 Å². The lowest BCUT2D eigenvalue weighted by atomic mass is 10.0. The van der Waals surface area contributed by atoms with Gasteiger partial charge in [-0.25, -0.2) is 0 Å². The second-order valence-corrected chi connectivity index (χ2v) is 7.13. The highest BCUT2D eigenvalue weighted by Gasteiger charge is 2.39. The van der Waals surface area contributed by atoms with E-state index in [4.69, 9.17) is 4.74 Å². The summed E-state index contributed by atoms with van der Waals surface area (Å²) in [5, 5.41) is 10.4. The highest BCUT2D eigenvalue weighted by Crippen LogP contribution is 2.30. The van der Waals surface area contributed by atoms with E-state index in [1.54, 1.807) is 0 Å². The van der Waals surface area contributed by atoms with Gasteiger partial charge < -0.3 is 14.7 Å². The molecular formula is C20H30N2O3. The number of nitrogens with zero attached hydrogens (tertiary/aromatic N) is 2. The second kappa shape index (κ2) is 8.68. The number of amides is 1. The molecule has 0 saturated carbocycles. The maximum Gasteiger partial charge on any atom is 0.222 e. The number of hydrogen-bond acceptors (Lipinski definition) is 4. The molecule has 3 atom stereocenters. The van der Waals surface area contributed by atoms with E-state index in [1.807, 2.05) is 37.3 Å². The summed E-state index contributed by atoms with van der Waals surface area (Å²) in [4.78, 5) is 16.7. The van der Waals surface area contributed by atoms with E-state index in [0.717, 1.165) is 44.5 Å². The molecule has 1 aromatic carbocycles. The minimum absolute atomic E-state index is 0.266. The molecule has 2 heterocycles. The molecule has 138 valence electrons. The molecule has 2 aliphatic rings. The topological polar surface area (TPSA) is 53.0 Å². The SMILES string of the molecule is CCC(=O)N1CCC[C@@H]1[C@H]1CCCN1C[C@H](O)COc1ccccc1. The van der Waals surface area contributed by atoms with Crippen LogP contribution in [0, 0.1) is 0 Å². The summed E-state index contributed by atoms with van der Waals surface area (Å²) in [7, 11) is 0. The van der Waals surface area contributed by atoms with Crippen LogP contribution in [0.15, 0.2) is 30.3 Å². The Morgan fingerprint density at radius 3 is 2.68 bits per heavy atom. The van der Waals surface area contributed by atoms with Gasteiger partial charge in [-0.15, -0.1) is 0 Å². The predicted molar refractivity (Wildman–Crippen MR) is 97.6 cm³/mol. The van der Waals surface area contributed by atoms with E-state index in [-0.39, 0.29) is 5.91 Å². The van der Waals surface area contributed by atoms with E-state index < -0.39 is 6.10 Å². The number of aliphatic hydroxyl groups excluding tert-OH is 1. The van der Waals surface area contributed by atoms with Crippen LogP contribution in [0.5, 0.6) is 5.75 Å². The molecule has 1 N–H and O–H groups in total. The lowest BCUT2D eigenvalue weighted by Crippen LogP contribution is -2.50. The summed E-state index contributed by atoms with van der Waals surface area (Å²) in [5.41, 5.74) is 0. The molecule has 2 saturated heterocycles. The van der Waals surface area contributed by atoms with E-state index in [0.29, 0.717) is 31.7 Å². The normalized spacial score (nSPS) is 25.3. The van der Waals surface area contributed by atoms with Crippen molar-refractivity contribution in [3.8, 4) is 5.75 Å². The Hall–Kier alpha value is -1.59. The van der Waals surface area contributed by atoms with E-state index >= 15 is 0 Å². The fourth-order valence-electron chi connectivity index (χ4n) is 4.25. The third kappa shape index (κ3) is 4.53. The minimum Gasteiger partial charge on any atom is -0.491 e. The van der Waals surface area contributed by atoms with Gasteiger partial charge in [-0.1, -0.05) is 25.1 Å². The first-order valence-electron chi connectivity index (χ1n) is 9.58. The average molecular weight is 346 g/mol. The molecule has 25 heavy (non-hydrogen) atoms. The molecular weight excluding hydrogens is 316 g/mol. The number of ether oxygens (including phenoxy) is 1. The molecule has 0 aromatic heterocycles. The van der Waals surface area contributed by atoms with Gasteiger partial charge in [0.2, 0.25) is 5.91 Å². The predicted octanol–water partition coefficient (Wildman–Crippen LogP) is 2.29. The highest BCUT2D eigenvalue weighted by atomic mass is 16.5. The second-order valence-electron chi connectivity index (χ2n) is 7.13. The zero-order chi connectivity index (χ0) is 17.6. The fraction of sp³-hybridized carbons (Fsp3) is 0.650. The van der Waals surface area contributed by atoms with Crippen LogP contribution in [-0.4, -0.2) is 65.2 Å². The highest BCUT2D eigenvalue weighted by molar-refractivity contribution is 5.76. The van der Waals surface area contributed by atoms with Crippen molar-refractivity contribution in [1.29, 1.82) is 0 Å². The van der Waals surface area contributed by atoms with Gasteiger partial charge in [0.25, 0.3) is 0 Å². The summed E-state index contributed by atoms with van der Waals surface area (Å²) in [5.74, 6) is 1.05. The number of carbonyl (C=O) groups is 1. The van der Waals surface area contributed by atoms with Crippen molar-refractivity contribution in [1.82, 2.24) is 9.80 Å². The monoisotopic (exact) mass is 346 g/mol. The van der Waals surface area contributed by atoms with Gasteiger partial charge >= 0.3 is 0 Å². The molecule has 0 spiro atoms. The molecule has 5 nitrogen and oxygen atoms in total. The van der Waals surface area contributed by atoms with Gasteiger partial charge in [-0.05, 0) is 44.4 Å². The van der Waals surface area contributed by atoms with Crippen molar-refractivity contribution < 1.29 is 14.6 Å². The third-order valence-corrected chi connectivity index (χ3v) is 5.41. The summed E-state index contributed by atoms with van der Waals surface area (Å²) in [6.45, 7) is 4.74. The van der Waals surface area contributed by atoms with Crippen molar-refractivity contribution in [3.63, 3.8) is 0 Å². The zero-order valence-electron chi connectivity index (χ0n) is 15.1. The molecule has 0 unspecified atom stereocenters. The first-order chi connectivity index (χ1) is 12.2. The molecule has 0 aliphatic carbocycles. The van der Waals surface area contributed by atoms with Crippen LogP contribution >= 0.6 is 0 Å². The molecule has 0 bridgehead atoms. The number of para-hydroxylation sites is 1. The quantitative estimate of drug-likeness (QED) is 0.823.